The SMILES string of the molecule is CCCN(C(=O)n1cnc(S(=O)(=O)CCC)n1)C1CC1. The Bertz CT molecular complexity index is 577. The Hall–Kier alpha value is -1.44. The van der Waals surface area contributed by atoms with Gasteiger partial charge in [-0.1, -0.05) is 13.8 Å². The van der Waals surface area contributed by atoms with Gasteiger partial charge in [0.15, 0.2) is 0 Å². The molecule has 0 atom stereocenters. The fourth-order valence-corrected chi connectivity index (χ4v) is 3.18. The van der Waals surface area contributed by atoms with Crippen LogP contribution in [-0.4, -0.2) is 52.5 Å². The van der Waals surface area contributed by atoms with Crippen molar-refractivity contribution < 1.29 is 13.2 Å². The van der Waals surface area contributed by atoms with E-state index in [4.69, 9.17) is 0 Å². The summed E-state index contributed by atoms with van der Waals surface area (Å²) in [6, 6.07) is -0.0258. The summed E-state index contributed by atoms with van der Waals surface area (Å²) < 4.78 is 24.7. The van der Waals surface area contributed by atoms with E-state index in [9.17, 15) is 13.2 Å². The summed E-state index contributed by atoms with van der Waals surface area (Å²) in [5.74, 6) is -0.00744. The van der Waals surface area contributed by atoms with Gasteiger partial charge in [0.25, 0.3) is 5.16 Å². The van der Waals surface area contributed by atoms with Crippen LogP contribution in [0.15, 0.2) is 11.5 Å². The zero-order chi connectivity index (χ0) is 14.8. The maximum Gasteiger partial charge on any atom is 0.346 e. The van der Waals surface area contributed by atoms with E-state index < -0.39 is 9.84 Å². The molecule has 1 aromatic heterocycles. The molecule has 1 heterocycles. The van der Waals surface area contributed by atoms with Gasteiger partial charge in [0.2, 0.25) is 9.84 Å². The first-order valence-electron chi connectivity index (χ1n) is 6.95. The zero-order valence-electron chi connectivity index (χ0n) is 11.8. The molecular weight excluding hydrogens is 280 g/mol. The minimum atomic E-state index is -3.48. The lowest BCUT2D eigenvalue weighted by molar-refractivity contribution is 0.193. The summed E-state index contributed by atoms with van der Waals surface area (Å²) in [6.07, 6.45) is 4.55. The van der Waals surface area contributed by atoms with Crippen LogP contribution < -0.4 is 0 Å². The monoisotopic (exact) mass is 300 g/mol. The Labute approximate surface area is 118 Å². The van der Waals surface area contributed by atoms with E-state index in [-0.39, 0.29) is 23.0 Å². The summed E-state index contributed by atoms with van der Waals surface area (Å²) in [6.45, 7) is 4.43. The Kier molecular flexibility index (Phi) is 4.42. The van der Waals surface area contributed by atoms with Crippen LogP contribution in [0.5, 0.6) is 0 Å². The van der Waals surface area contributed by atoms with Crippen LogP contribution in [-0.2, 0) is 9.84 Å². The van der Waals surface area contributed by atoms with Gasteiger partial charge in [-0.05, 0) is 25.7 Å². The molecule has 0 saturated heterocycles. The standard InChI is InChI=1S/C12H20N4O3S/c1-3-7-15(10-5-6-10)12(17)16-9-13-11(14-16)20(18,19)8-4-2/h9-10H,3-8H2,1-2H3. The second-order valence-corrected chi connectivity index (χ2v) is 7.00. The van der Waals surface area contributed by atoms with E-state index in [1.807, 2.05) is 6.92 Å². The molecule has 1 amide bonds. The quantitative estimate of drug-likeness (QED) is 0.790. The summed E-state index contributed by atoms with van der Waals surface area (Å²) >= 11 is 0. The van der Waals surface area contributed by atoms with Crippen LogP contribution in [0.25, 0.3) is 0 Å². The van der Waals surface area contributed by atoms with Crippen molar-refractivity contribution in [3.63, 3.8) is 0 Å². The number of sulfone groups is 1. The number of amides is 1. The lowest BCUT2D eigenvalue weighted by Gasteiger charge is -2.20. The minimum Gasteiger partial charge on any atom is -0.320 e. The Balaban J connectivity index is 2.17. The molecule has 1 saturated carbocycles. The topological polar surface area (TPSA) is 85.2 Å². The van der Waals surface area contributed by atoms with Crippen molar-refractivity contribution in [2.45, 2.75) is 50.7 Å². The summed E-state index contributed by atoms with van der Waals surface area (Å²) in [4.78, 5) is 17.8. The molecule has 1 fully saturated rings. The van der Waals surface area contributed by atoms with Crippen molar-refractivity contribution in [2.75, 3.05) is 12.3 Å². The first-order valence-corrected chi connectivity index (χ1v) is 8.60. The molecule has 7 nitrogen and oxygen atoms in total. The fourth-order valence-electron chi connectivity index (χ4n) is 2.04. The first-order chi connectivity index (χ1) is 9.49. The normalized spacial score (nSPS) is 15.3. The number of aromatic nitrogens is 3. The van der Waals surface area contributed by atoms with Crippen molar-refractivity contribution in [2.24, 2.45) is 0 Å². The van der Waals surface area contributed by atoms with Crippen molar-refractivity contribution in [3.05, 3.63) is 6.33 Å². The molecule has 0 bridgehead atoms. The average molecular weight is 300 g/mol. The molecule has 1 aromatic rings. The molecule has 0 N–H and O–H groups in total. The third-order valence-electron chi connectivity index (χ3n) is 3.12. The fraction of sp³-hybridized carbons (Fsp3) is 0.750. The average Bonchev–Trinajstić information content (AvgIpc) is 3.10. The molecule has 0 radical (unpaired) electrons. The number of nitrogens with zero attached hydrogens (tertiary/aromatic N) is 4. The molecule has 20 heavy (non-hydrogen) atoms. The van der Waals surface area contributed by atoms with Gasteiger partial charge in [-0.15, -0.1) is 5.10 Å². The first kappa shape index (κ1) is 15.0. The van der Waals surface area contributed by atoms with E-state index in [0.29, 0.717) is 13.0 Å². The summed E-state index contributed by atoms with van der Waals surface area (Å²) in [5.41, 5.74) is 0. The molecule has 0 aromatic carbocycles. The molecule has 1 aliphatic rings. The molecule has 2 rings (SSSR count). The van der Waals surface area contributed by atoms with Gasteiger partial charge in [0.1, 0.15) is 6.33 Å². The predicted octanol–water partition coefficient (Wildman–Crippen LogP) is 1.30. The second-order valence-electron chi connectivity index (χ2n) is 5.00. The van der Waals surface area contributed by atoms with E-state index in [0.717, 1.165) is 23.9 Å². The van der Waals surface area contributed by atoms with E-state index in [1.165, 1.54) is 6.33 Å². The van der Waals surface area contributed by atoms with Crippen molar-refractivity contribution in [1.82, 2.24) is 19.7 Å². The third kappa shape index (κ3) is 3.17. The lowest BCUT2D eigenvalue weighted by atomic mass is 10.4. The van der Waals surface area contributed by atoms with Crippen LogP contribution in [0.1, 0.15) is 39.5 Å². The number of rotatable bonds is 6. The lowest BCUT2D eigenvalue weighted by Crippen LogP contribution is -2.37. The largest absolute Gasteiger partial charge is 0.346 e. The van der Waals surface area contributed by atoms with Gasteiger partial charge in [-0.3, -0.25) is 0 Å². The second kappa shape index (κ2) is 5.90. The highest BCUT2D eigenvalue weighted by molar-refractivity contribution is 7.91. The van der Waals surface area contributed by atoms with Crippen LogP contribution in [0.3, 0.4) is 0 Å². The van der Waals surface area contributed by atoms with Gasteiger partial charge < -0.3 is 4.90 Å². The van der Waals surface area contributed by atoms with Crippen molar-refractivity contribution >= 4 is 15.9 Å². The van der Waals surface area contributed by atoms with Crippen LogP contribution in [0.4, 0.5) is 4.79 Å². The van der Waals surface area contributed by atoms with Gasteiger partial charge in [0.05, 0.1) is 5.75 Å². The van der Waals surface area contributed by atoms with Gasteiger partial charge >= 0.3 is 6.03 Å². The van der Waals surface area contributed by atoms with Gasteiger partial charge in [-0.2, -0.15) is 4.68 Å². The van der Waals surface area contributed by atoms with E-state index in [1.54, 1.807) is 11.8 Å². The highest BCUT2D eigenvalue weighted by Crippen LogP contribution is 2.27. The molecule has 0 spiro atoms. The Morgan fingerprint density at radius 1 is 1.40 bits per heavy atom. The van der Waals surface area contributed by atoms with Crippen LogP contribution >= 0.6 is 0 Å². The highest BCUT2D eigenvalue weighted by atomic mass is 32.2. The van der Waals surface area contributed by atoms with Crippen molar-refractivity contribution in [1.29, 1.82) is 0 Å². The third-order valence-corrected chi connectivity index (χ3v) is 4.80. The number of hydrogen-bond acceptors (Lipinski definition) is 5. The van der Waals surface area contributed by atoms with Crippen molar-refractivity contribution in [3.8, 4) is 0 Å². The molecular formula is C12H20N4O3S. The number of hydrogen-bond donors (Lipinski definition) is 0. The maximum absolute atomic E-state index is 12.3. The predicted molar refractivity (Wildman–Crippen MR) is 73.2 cm³/mol. The minimum absolute atomic E-state index is 0.00744. The molecule has 0 unspecified atom stereocenters. The molecule has 112 valence electrons. The Morgan fingerprint density at radius 2 is 2.10 bits per heavy atom. The van der Waals surface area contributed by atoms with Crippen LogP contribution in [0.2, 0.25) is 0 Å². The number of carbonyl (C=O) groups is 1. The summed E-state index contributed by atoms with van der Waals surface area (Å²) in [7, 11) is -3.48. The molecule has 8 heteroatoms. The van der Waals surface area contributed by atoms with Gasteiger partial charge in [-0.25, -0.2) is 18.2 Å². The van der Waals surface area contributed by atoms with Crippen LogP contribution in [0, 0.1) is 0 Å². The highest BCUT2D eigenvalue weighted by Gasteiger charge is 2.33. The zero-order valence-corrected chi connectivity index (χ0v) is 12.6. The molecule has 1 aliphatic carbocycles. The number of carbonyl (C=O) groups excluding carboxylic acids is 1. The Morgan fingerprint density at radius 3 is 2.65 bits per heavy atom. The van der Waals surface area contributed by atoms with E-state index in [2.05, 4.69) is 10.1 Å². The van der Waals surface area contributed by atoms with E-state index >= 15 is 0 Å². The van der Waals surface area contributed by atoms with Gasteiger partial charge in [0, 0.05) is 12.6 Å². The molecule has 0 aliphatic heterocycles. The maximum atomic E-state index is 12.3. The summed E-state index contributed by atoms with van der Waals surface area (Å²) in [5, 5.41) is 3.58. The smallest absolute Gasteiger partial charge is 0.320 e.